The number of aromatic nitrogens is 1. The van der Waals surface area contributed by atoms with Crippen LogP contribution in [0.5, 0.6) is 5.75 Å². The molecule has 0 saturated heterocycles. The number of ether oxygens (including phenoxy) is 1. The fraction of sp³-hybridized carbons (Fsp3) is 0.214. The van der Waals surface area contributed by atoms with E-state index in [2.05, 4.69) is 4.98 Å². The van der Waals surface area contributed by atoms with Crippen LogP contribution in [0.4, 0.5) is 5.69 Å². The van der Waals surface area contributed by atoms with E-state index in [1.54, 1.807) is 18.5 Å². The van der Waals surface area contributed by atoms with Crippen LogP contribution >= 0.6 is 0 Å². The van der Waals surface area contributed by atoms with Crippen molar-refractivity contribution in [3.63, 3.8) is 0 Å². The number of nitrogens with zero attached hydrogens (tertiary/aromatic N) is 1. The molecule has 1 heterocycles. The summed E-state index contributed by atoms with van der Waals surface area (Å²) < 4.78 is 28.5. The Morgan fingerprint density at radius 1 is 1.14 bits per heavy atom. The molecule has 0 aliphatic rings. The highest BCUT2D eigenvalue weighted by atomic mass is 32.2. The summed E-state index contributed by atoms with van der Waals surface area (Å²) in [6, 6.07) is 8.25. The van der Waals surface area contributed by atoms with E-state index < -0.39 is 10.0 Å². The van der Waals surface area contributed by atoms with Crippen molar-refractivity contribution in [2.75, 3.05) is 12.3 Å². The third-order valence-corrected chi connectivity index (χ3v) is 3.82. The van der Waals surface area contributed by atoms with Crippen LogP contribution in [0.2, 0.25) is 0 Å². The molecule has 0 saturated carbocycles. The van der Waals surface area contributed by atoms with Crippen LogP contribution < -0.4 is 15.6 Å². The molecule has 0 fully saturated rings. The number of primary sulfonamides is 1. The smallest absolute Gasteiger partial charge is 0.241 e. The minimum atomic E-state index is -3.86. The van der Waals surface area contributed by atoms with Gasteiger partial charge < -0.3 is 10.5 Å². The number of hydrogen-bond donors (Lipinski definition) is 2. The molecule has 112 valence electrons. The molecule has 0 unspecified atom stereocenters. The number of sulfonamides is 1. The summed E-state index contributed by atoms with van der Waals surface area (Å²) in [5, 5.41) is 5.15. The third-order valence-electron chi connectivity index (χ3n) is 2.89. The van der Waals surface area contributed by atoms with Gasteiger partial charge in [0.05, 0.1) is 6.61 Å². The summed E-state index contributed by atoms with van der Waals surface area (Å²) in [7, 11) is -3.86. The van der Waals surface area contributed by atoms with E-state index in [4.69, 9.17) is 15.6 Å². The van der Waals surface area contributed by atoms with E-state index in [9.17, 15) is 8.42 Å². The number of nitrogen functional groups attached to an aromatic ring is 1. The van der Waals surface area contributed by atoms with Crippen molar-refractivity contribution in [1.29, 1.82) is 0 Å². The van der Waals surface area contributed by atoms with Crippen molar-refractivity contribution in [1.82, 2.24) is 4.98 Å². The SMILES string of the molecule is Nc1ccc(OCCCc2ccncc2)c(S(N)(=O)=O)c1. The zero-order valence-corrected chi connectivity index (χ0v) is 12.2. The van der Waals surface area contributed by atoms with Crippen LogP contribution in [0.25, 0.3) is 0 Å². The average Bonchev–Trinajstić information content (AvgIpc) is 2.45. The summed E-state index contributed by atoms with van der Waals surface area (Å²) in [6.45, 7) is 0.384. The molecular formula is C14H17N3O3S. The van der Waals surface area contributed by atoms with Crippen molar-refractivity contribution >= 4 is 15.7 Å². The van der Waals surface area contributed by atoms with E-state index in [0.29, 0.717) is 12.3 Å². The Morgan fingerprint density at radius 2 is 1.86 bits per heavy atom. The lowest BCUT2D eigenvalue weighted by Crippen LogP contribution is -2.14. The Balaban J connectivity index is 1.98. The molecule has 4 N–H and O–H groups in total. The number of benzene rings is 1. The standard InChI is InChI=1S/C14H17N3O3S/c15-12-3-4-13(14(10-12)21(16,18)19)20-9-1-2-11-5-7-17-8-6-11/h3-8,10H,1-2,9,15H2,(H2,16,18,19). The molecule has 6 nitrogen and oxygen atoms in total. The largest absolute Gasteiger partial charge is 0.492 e. The summed E-state index contributed by atoms with van der Waals surface area (Å²) in [5.41, 5.74) is 7.05. The zero-order valence-electron chi connectivity index (χ0n) is 11.4. The molecule has 7 heteroatoms. The highest BCUT2D eigenvalue weighted by Crippen LogP contribution is 2.25. The van der Waals surface area contributed by atoms with Gasteiger partial charge in [-0.2, -0.15) is 0 Å². The summed E-state index contributed by atoms with van der Waals surface area (Å²) >= 11 is 0. The molecule has 2 rings (SSSR count). The molecule has 1 aromatic heterocycles. The monoisotopic (exact) mass is 307 g/mol. The van der Waals surface area contributed by atoms with Crippen LogP contribution in [-0.4, -0.2) is 20.0 Å². The molecule has 1 aromatic carbocycles. The zero-order chi connectivity index (χ0) is 15.3. The lowest BCUT2D eigenvalue weighted by Gasteiger charge is -2.10. The van der Waals surface area contributed by atoms with Gasteiger partial charge in [0.1, 0.15) is 10.6 Å². The van der Waals surface area contributed by atoms with Crippen molar-refractivity contribution in [3.05, 3.63) is 48.3 Å². The Kier molecular flexibility index (Phi) is 4.77. The molecule has 2 aromatic rings. The Morgan fingerprint density at radius 3 is 2.52 bits per heavy atom. The van der Waals surface area contributed by atoms with E-state index in [1.165, 1.54) is 12.1 Å². The van der Waals surface area contributed by atoms with Gasteiger partial charge in [0, 0.05) is 18.1 Å². The van der Waals surface area contributed by atoms with Crippen molar-refractivity contribution < 1.29 is 13.2 Å². The topological polar surface area (TPSA) is 108 Å². The fourth-order valence-corrected chi connectivity index (χ4v) is 2.58. The van der Waals surface area contributed by atoms with Crippen molar-refractivity contribution in [3.8, 4) is 5.75 Å². The lowest BCUT2D eigenvalue weighted by molar-refractivity contribution is 0.303. The van der Waals surface area contributed by atoms with Crippen LogP contribution in [0.1, 0.15) is 12.0 Å². The van der Waals surface area contributed by atoms with Gasteiger partial charge in [0.25, 0.3) is 0 Å². The molecule has 0 aliphatic carbocycles. The first-order chi connectivity index (χ1) is 9.97. The third kappa shape index (κ3) is 4.44. The quantitative estimate of drug-likeness (QED) is 0.618. The molecule has 0 aliphatic heterocycles. The van der Waals surface area contributed by atoms with Gasteiger partial charge in [-0.05, 0) is 48.7 Å². The van der Waals surface area contributed by atoms with E-state index in [0.717, 1.165) is 18.4 Å². The molecular weight excluding hydrogens is 290 g/mol. The van der Waals surface area contributed by atoms with Crippen molar-refractivity contribution in [2.45, 2.75) is 17.7 Å². The van der Waals surface area contributed by atoms with Gasteiger partial charge in [-0.15, -0.1) is 0 Å². The first kappa shape index (κ1) is 15.3. The number of nitrogens with two attached hydrogens (primary N) is 2. The summed E-state index contributed by atoms with van der Waals surface area (Å²) in [6.07, 6.45) is 5.03. The van der Waals surface area contributed by atoms with Crippen LogP contribution in [0.3, 0.4) is 0 Å². The number of anilines is 1. The molecule has 0 radical (unpaired) electrons. The molecule has 0 atom stereocenters. The minimum absolute atomic E-state index is 0.0913. The first-order valence-electron chi connectivity index (χ1n) is 6.41. The first-order valence-corrected chi connectivity index (χ1v) is 7.95. The maximum absolute atomic E-state index is 11.5. The molecule has 0 bridgehead atoms. The Bertz CT molecular complexity index is 703. The number of pyridine rings is 1. The maximum Gasteiger partial charge on any atom is 0.241 e. The van der Waals surface area contributed by atoms with Gasteiger partial charge in [0.2, 0.25) is 10.0 Å². The van der Waals surface area contributed by atoms with Gasteiger partial charge in [0.15, 0.2) is 0 Å². The second kappa shape index (κ2) is 6.55. The summed E-state index contributed by atoms with van der Waals surface area (Å²) in [4.78, 5) is 3.85. The van der Waals surface area contributed by atoms with Gasteiger partial charge in [-0.25, -0.2) is 13.6 Å². The number of rotatable bonds is 6. The highest BCUT2D eigenvalue weighted by Gasteiger charge is 2.15. The van der Waals surface area contributed by atoms with E-state index >= 15 is 0 Å². The van der Waals surface area contributed by atoms with Crippen LogP contribution in [0.15, 0.2) is 47.6 Å². The minimum Gasteiger partial charge on any atom is -0.492 e. The Hall–Kier alpha value is -2.12. The van der Waals surface area contributed by atoms with Gasteiger partial charge in [-0.1, -0.05) is 0 Å². The highest BCUT2D eigenvalue weighted by molar-refractivity contribution is 7.89. The average molecular weight is 307 g/mol. The van der Waals surface area contributed by atoms with E-state index in [1.807, 2.05) is 12.1 Å². The predicted molar refractivity (Wildman–Crippen MR) is 80.3 cm³/mol. The molecule has 0 amide bonds. The fourth-order valence-electron chi connectivity index (χ4n) is 1.87. The summed E-state index contributed by atoms with van der Waals surface area (Å²) in [5.74, 6) is 0.224. The van der Waals surface area contributed by atoms with E-state index in [-0.39, 0.29) is 10.6 Å². The number of aryl methyl sites for hydroxylation is 1. The normalized spacial score (nSPS) is 11.3. The second-order valence-electron chi connectivity index (χ2n) is 4.56. The van der Waals surface area contributed by atoms with Crippen molar-refractivity contribution in [2.24, 2.45) is 5.14 Å². The number of hydrogen-bond acceptors (Lipinski definition) is 5. The van der Waals surface area contributed by atoms with Crippen LogP contribution in [-0.2, 0) is 16.4 Å². The second-order valence-corrected chi connectivity index (χ2v) is 6.09. The molecule has 0 spiro atoms. The predicted octanol–water partition coefficient (Wildman–Crippen LogP) is 1.32. The molecule has 21 heavy (non-hydrogen) atoms. The lowest BCUT2D eigenvalue weighted by atomic mass is 10.1. The van der Waals surface area contributed by atoms with Crippen LogP contribution in [0, 0.1) is 0 Å². The Labute approximate surface area is 123 Å². The van der Waals surface area contributed by atoms with Gasteiger partial charge >= 0.3 is 0 Å². The maximum atomic E-state index is 11.5. The van der Waals surface area contributed by atoms with Gasteiger partial charge in [-0.3, -0.25) is 4.98 Å².